The first kappa shape index (κ1) is 13.9. The minimum atomic E-state index is -0.445. The van der Waals surface area contributed by atoms with Crippen LogP contribution < -0.4 is 5.73 Å². The van der Waals surface area contributed by atoms with Crippen molar-refractivity contribution in [3.63, 3.8) is 0 Å². The topological polar surface area (TPSA) is 49.5 Å². The molecule has 0 amide bonds. The molecule has 3 nitrogen and oxygen atoms in total. The smallest absolute Gasteiger partial charge is 0.0609 e. The number of hydrogen-bond donors (Lipinski definition) is 2. The second-order valence-corrected chi connectivity index (χ2v) is 5.96. The van der Waals surface area contributed by atoms with Gasteiger partial charge in [-0.05, 0) is 52.5 Å². The monoisotopic (exact) mass is 228 g/mol. The Morgan fingerprint density at radius 2 is 2.12 bits per heavy atom. The zero-order valence-corrected chi connectivity index (χ0v) is 11.2. The maximum atomic E-state index is 9.22. The Labute approximate surface area is 100 Å². The molecule has 1 rings (SSSR count). The van der Waals surface area contributed by atoms with Crippen LogP contribution in [0.3, 0.4) is 0 Å². The number of hydrogen-bond acceptors (Lipinski definition) is 3. The number of likely N-dealkylation sites (tertiary alicyclic amines) is 1. The molecule has 0 aliphatic carbocycles. The van der Waals surface area contributed by atoms with Crippen LogP contribution in [0.5, 0.6) is 0 Å². The fourth-order valence-corrected chi connectivity index (χ4v) is 2.85. The first-order valence-electron chi connectivity index (χ1n) is 6.53. The summed E-state index contributed by atoms with van der Waals surface area (Å²) in [5.74, 6) is 0.773. The molecule has 1 heterocycles. The maximum absolute atomic E-state index is 9.22. The van der Waals surface area contributed by atoms with Crippen LogP contribution in [-0.4, -0.2) is 40.8 Å². The van der Waals surface area contributed by atoms with Gasteiger partial charge in [-0.2, -0.15) is 0 Å². The molecule has 0 aromatic rings. The van der Waals surface area contributed by atoms with E-state index >= 15 is 0 Å². The van der Waals surface area contributed by atoms with Crippen LogP contribution in [0.25, 0.3) is 0 Å². The standard InChI is InChI=1S/C13H28N2O/c1-10-6-5-7-15(12(10)3)11(2)8-13(4,14)9-16/h10-12,16H,5-9,14H2,1-4H3. The van der Waals surface area contributed by atoms with Gasteiger partial charge in [0.2, 0.25) is 0 Å². The summed E-state index contributed by atoms with van der Waals surface area (Å²) in [6, 6.07) is 1.10. The summed E-state index contributed by atoms with van der Waals surface area (Å²) >= 11 is 0. The zero-order valence-electron chi connectivity index (χ0n) is 11.2. The van der Waals surface area contributed by atoms with Crippen LogP contribution in [0, 0.1) is 5.92 Å². The third-order valence-corrected chi connectivity index (χ3v) is 4.11. The summed E-state index contributed by atoms with van der Waals surface area (Å²) in [6.45, 7) is 10.0. The molecular formula is C13H28N2O. The molecule has 3 heteroatoms. The highest BCUT2D eigenvalue weighted by atomic mass is 16.3. The summed E-state index contributed by atoms with van der Waals surface area (Å²) in [5.41, 5.74) is 5.58. The average Bonchev–Trinajstić information content (AvgIpc) is 2.21. The third kappa shape index (κ3) is 3.44. The zero-order chi connectivity index (χ0) is 12.3. The Morgan fingerprint density at radius 1 is 1.50 bits per heavy atom. The first-order valence-corrected chi connectivity index (χ1v) is 6.53. The van der Waals surface area contributed by atoms with Crippen LogP contribution in [0.15, 0.2) is 0 Å². The second-order valence-electron chi connectivity index (χ2n) is 5.96. The summed E-state index contributed by atoms with van der Waals surface area (Å²) in [7, 11) is 0. The van der Waals surface area contributed by atoms with Gasteiger partial charge in [0.15, 0.2) is 0 Å². The first-order chi connectivity index (χ1) is 7.37. The van der Waals surface area contributed by atoms with Gasteiger partial charge in [0, 0.05) is 17.6 Å². The lowest BCUT2D eigenvalue weighted by Gasteiger charge is -2.43. The van der Waals surface area contributed by atoms with Gasteiger partial charge >= 0.3 is 0 Å². The van der Waals surface area contributed by atoms with Crippen LogP contribution >= 0.6 is 0 Å². The van der Waals surface area contributed by atoms with E-state index in [-0.39, 0.29) is 6.61 Å². The van der Waals surface area contributed by atoms with E-state index in [1.165, 1.54) is 19.4 Å². The Hall–Kier alpha value is -0.120. The van der Waals surface area contributed by atoms with E-state index in [1.807, 2.05) is 6.92 Å². The Morgan fingerprint density at radius 3 is 2.69 bits per heavy atom. The maximum Gasteiger partial charge on any atom is 0.0609 e. The largest absolute Gasteiger partial charge is 0.394 e. The molecule has 0 spiro atoms. The number of nitrogens with zero attached hydrogens (tertiary/aromatic N) is 1. The van der Waals surface area contributed by atoms with E-state index < -0.39 is 5.54 Å². The normalized spacial score (nSPS) is 33.4. The molecule has 1 saturated heterocycles. The number of piperidine rings is 1. The van der Waals surface area contributed by atoms with Crippen molar-refractivity contribution >= 4 is 0 Å². The highest BCUT2D eigenvalue weighted by Crippen LogP contribution is 2.27. The van der Waals surface area contributed by atoms with Crippen molar-refractivity contribution in [2.45, 2.75) is 64.6 Å². The predicted molar refractivity (Wildman–Crippen MR) is 68.3 cm³/mol. The van der Waals surface area contributed by atoms with Gasteiger partial charge in [0.25, 0.3) is 0 Å². The predicted octanol–water partition coefficient (Wildman–Crippen LogP) is 1.60. The van der Waals surface area contributed by atoms with Crippen molar-refractivity contribution < 1.29 is 5.11 Å². The van der Waals surface area contributed by atoms with Gasteiger partial charge in [0.1, 0.15) is 0 Å². The summed E-state index contributed by atoms with van der Waals surface area (Å²) in [5, 5.41) is 9.22. The average molecular weight is 228 g/mol. The second kappa shape index (κ2) is 5.48. The lowest BCUT2D eigenvalue weighted by molar-refractivity contribution is 0.0546. The van der Waals surface area contributed by atoms with Gasteiger partial charge in [-0.3, -0.25) is 4.90 Å². The van der Waals surface area contributed by atoms with Crippen molar-refractivity contribution in [2.75, 3.05) is 13.2 Å². The molecule has 0 aromatic carbocycles. The van der Waals surface area contributed by atoms with Gasteiger partial charge < -0.3 is 10.8 Å². The molecule has 0 bridgehead atoms. The van der Waals surface area contributed by atoms with Gasteiger partial charge in [-0.15, -0.1) is 0 Å². The van der Waals surface area contributed by atoms with Gasteiger partial charge in [-0.1, -0.05) is 6.92 Å². The molecule has 1 aliphatic rings. The van der Waals surface area contributed by atoms with E-state index in [4.69, 9.17) is 5.73 Å². The summed E-state index contributed by atoms with van der Waals surface area (Å²) < 4.78 is 0. The van der Waals surface area contributed by atoms with Crippen molar-refractivity contribution in [2.24, 2.45) is 11.7 Å². The third-order valence-electron chi connectivity index (χ3n) is 4.11. The van der Waals surface area contributed by atoms with Crippen molar-refractivity contribution in [3.05, 3.63) is 0 Å². The Kier molecular flexibility index (Phi) is 4.77. The van der Waals surface area contributed by atoms with E-state index in [0.717, 1.165) is 12.3 Å². The minimum absolute atomic E-state index is 0.0646. The molecule has 96 valence electrons. The van der Waals surface area contributed by atoms with Crippen molar-refractivity contribution in [3.8, 4) is 0 Å². The summed E-state index contributed by atoms with van der Waals surface area (Å²) in [6.07, 6.45) is 3.49. The number of aliphatic hydroxyl groups is 1. The molecule has 1 aliphatic heterocycles. The number of aliphatic hydroxyl groups excluding tert-OH is 1. The fourth-order valence-electron chi connectivity index (χ4n) is 2.85. The Balaban J connectivity index is 2.55. The molecule has 3 N–H and O–H groups in total. The van der Waals surface area contributed by atoms with Crippen molar-refractivity contribution in [1.82, 2.24) is 4.90 Å². The number of rotatable bonds is 4. The molecule has 4 unspecified atom stereocenters. The van der Waals surface area contributed by atoms with Crippen LogP contribution in [0.1, 0.15) is 47.0 Å². The molecule has 16 heavy (non-hydrogen) atoms. The fraction of sp³-hybridized carbons (Fsp3) is 1.00. The van der Waals surface area contributed by atoms with Crippen LogP contribution in [-0.2, 0) is 0 Å². The molecule has 4 atom stereocenters. The minimum Gasteiger partial charge on any atom is -0.394 e. The molecule has 0 aromatic heterocycles. The van der Waals surface area contributed by atoms with E-state index in [1.54, 1.807) is 0 Å². The van der Waals surface area contributed by atoms with Gasteiger partial charge in [-0.25, -0.2) is 0 Å². The number of nitrogens with two attached hydrogens (primary N) is 1. The van der Waals surface area contributed by atoms with E-state index in [0.29, 0.717) is 12.1 Å². The van der Waals surface area contributed by atoms with Gasteiger partial charge in [0.05, 0.1) is 6.61 Å². The van der Waals surface area contributed by atoms with E-state index in [9.17, 15) is 5.11 Å². The highest BCUT2D eigenvalue weighted by molar-refractivity contribution is 4.88. The quantitative estimate of drug-likeness (QED) is 0.768. The lowest BCUT2D eigenvalue weighted by Crippen LogP contribution is -2.52. The highest BCUT2D eigenvalue weighted by Gasteiger charge is 2.31. The van der Waals surface area contributed by atoms with E-state index in [2.05, 4.69) is 25.7 Å². The lowest BCUT2D eigenvalue weighted by atomic mass is 9.88. The van der Waals surface area contributed by atoms with Crippen molar-refractivity contribution in [1.29, 1.82) is 0 Å². The molecule has 0 saturated carbocycles. The summed E-state index contributed by atoms with van der Waals surface area (Å²) in [4.78, 5) is 2.55. The Bertz CT molecular complexity index is 218. The molecular weight excluding hydrogens is 200 g/mol. The van der Waals surface area contributed by atoms with Crippen LogP contribution in [0.4, 0.5) is 0 Å². The molecule has 1 fully saturated rings. The SMILES string of the molecule is CC1CCCN(C(C)CC(C)(N)CO)C1C. The van der Waals surface area contributed by atoms with Crippen LogP contribution in [0.2, 0.25) is 0 Å². The molecule has 0 radical (unpaired) electrons.